The molecule has 0 fully saturated rings. The largest absolute Gasteiger partial charge is 0.310 e. The van der Waals surface area contributed by atoms with Gasteiger partial charge in [-0.05, 0) is 12.1 Å². The minimum absolute atomic E-state index is 0.0513. The van der Waals surface area contributed by atoms with Gasteiger partial charge in [-0.1, -0.05) is 13.8 Å². The fourth-order valence-corrected chi connectivity index (χ4v) is 1.19. The molecular formula is C10H13FN2O2. The summed E-state index contributed by atoms with van der Waals surface area (Å²) >= 11 is 0. The maximum Gasteiger partial charge on any atom is 0.274 e. The summed E-state index contributed by atoms with van der Waals surface area (Å²) in [7, 11) is 0. The lowest BCUT2D eigenvalue weighted by Gasteiger charge is -2.08. The molecule has 0 amide bonds. The van der Waals surface area contributed by atoms with Gasteiger partial charge in [0.05, 0.1) is 4.92 Å². The molecule has 0 heterocycles. The van der Waals surface area contributed by atoms with Gasteiger partial charge in [0, 0.05) is 24.2 Å². The summed E-state index contributed by atoms with van der Waals surface area (Å²) in [5, 5.41) is 13.6. The van der Waals surface area contributed by atoms with Gasteiger partial charge in [-0.25, -0.2) is 4.39 Å². The highest BCUT2D eigenvalue weighted by Crippen LogP contribution is 2.19. The Bertz CT molecular complexity index is 366. The third-order valence-electron chi connectivity index (χ3n) is 1.94. The van der Waals surface area contributed by atoms with E-state index in [4.69, 9.17) is 0 Å². The average Bonchev–Trinajstić information content (AvgIpc) is 2.14. The molecule has 0 aliphatic carbocycles. The van der Waals surface area contributed by atoms with Crippen LogP contribution >= 0.6 is 0 Å². The Balaban J connectivity index is 2.92. The normalized spacial score (nSPS) is 10.7. The molecule has 0 saturated heterocycles. The third kappa shape index (κ3) is 3.28. The smallest absolute Gasteiger partial charge is 0.274 e. The minimum atomic E-state index is -0.503. The van der Waals surface area contributed by atoms with Crippen LogP contribution in [0.2, 0.25) is 0 Å². The zero-order valence-electron chi connectivity index (χ0n) is 8.66. The first-order chi connectivity index (χ1) is 7.00. The van der Waals surface area contributed by atoms with Gasteiger partial charge in [-0.2, -0.15) is 0 Å². The maximum absolute atomic E-state index is 12.9. The number of nitrogens with one attached hydrogen (secondary N) is 1. The summed E-state index contributed by atoms with van der Waals surface area (Å²) in [4.78, 5) is 10.1. The minimum Gasteiger partial charge on any atom is -0.310 e. The Kier molecular flexibility index (Phi) is 3.74. The highest BCUT2D eigenvalue weighted by atomic mass is 19.1. The molecule has 1 aromatic rings. The Morgan fingerprint density at radius 3 is 2.73 bits per heavy atom. The van der Waals surface area contributed by atoms with Gasteiger partial charge in [0.2, 0.25) is 0 Å². The van der Waals surface area contributed by atoms with Crippen LogP contribution in [0, 0.1) is 15.9 Å². The van der Waals surface area contributed by atoms with E-state index >= 15 is 0 Å². The number of benzene rings is 1. The first-order valence-corrected chi connectivity index (χ1v) is 4.67. The molecule has 0 atom stereocenters. The van der Waals surface area contributed by atoms with E-state index in [1.54, 1.807) is 0 Å². The van der Waals surface area contributed by atoms with Crippen LogP contribution in [0.3, 0.4) is 0 Å². The first kappa shape index (κ1) is 11.6. The summed E-state index contributed by atoms with van der Waals surface area (Å²) < 4.78 is 12.9. The number of rotatable bonds is 4. The Morgan fingerprint density at radius 1 is 1.53 bits per heavy atom. The van der Waals surface area contributed by atoms with Crippen LogP contribution in [0.1, 0.15) is 19.4 Å². The van der Waals surface area contributed by atoms with Crippen molar-refractivity contribution in [2.24, 2.45) is 0 Å². The number of hydrogen-bond donors (Lipinski definition) is 1. The molecule has 1 rings (SSSR count). The molecule has 4 nitrogen and oxygen atoms in total. The highest BCUT2D eigenvalue weighted by Gasteiger charge is 2.13. The van der Waals surface area contributed by atoms with Crippen molar-refractivity contribution in [3.05, 3.63) is 39.7 Å². The number of nitro groups is 1. The lowest BCUT2D eigenvalue weighted by atomic mass is 10.1. The van der Waals surface area contributed by atoms with Crippen molar-refractivity contribution in [1.29, 1.82) is 0 Å². The van der Waals surface area contributed by atoms with Crippen molar-refractivity contribution < 1.29 is 9.31 Å². The summed E-state index contributed by atoms with van der Waals surface area (Å²) in [6.07, 6.45) is 0. The molecule has 0 aromatic heterocycles. The highest BCUT2D eigenvalue weighted by molar-refractivity contribution is 5.40. The Morgan fingerprint density at radius 2 is 2.20 bits per heavy atom. The molecule has 1 N–H and O–H groups in total. The monoisotopic (exact) mass is 212 g/mol. The van der Waals surface area contributed by atoms with Crippen LogP contribution in [0.4, 0.5) is 10.1 Å². The fraction of sp³-hybridized carbons (Fsp3) is 0.400. The van der Waals surface area contributed by atoms with E-state index in [0.29, 0.717) is 12.1 Å². The lowest BCUT2D eigenvalue weighted by Crippen LogP contribution is -2.22. The van der Waals surface area contributed by atoms with E-state index in [1.807, 2.05) is 13.8 Å². The second-order valence-electron chi connectivity index (χ2n) is 3.57. The topological polar surface area (TPSA) is 55.2 Å². The molecule has 0 bridgehead atoms. The van der Waals surface area contributed by atoms with Crippen molar-refractivity contribution in [3.63, 3.8) is 0 Å². The summed E-state index contributed by atoms with van der Waals surface area (Å²) in [5.74, 6) is -0.457. The standard InChI is InChI=1S/C10H13FN2O2/c1-7(2)12-6-8-5-9(11)3-4-10(8)13(14)15/h3-5,7,12H,6H2,1-2H3. The van der Waals surface area contributed by atoms with Gasteiger partial charge in [-0.15, -0.1) is 0 Å². The van der Waals surface area contributed by atoms with Crippen LogP contribution in [0.25, 0.3) is 0 Å². The van der Waals surface area contributed by atoms with Crippen molar-refractivity contribution in [3.8, 4) is 0 Å². The quantitative estimate of drug-likeness (QED) is 0.615. The van der Waals surface area contributed by atoms with E-state index < -0.39 is 10.7 Å². The van der Waals surface area contributed by atoms with Gasteiger partial charge < -0.3 is 5.32 Å². The van der Waals surface area contributed by atoms with E-state index in [-0.39, 0.29) is 11.7 Å². The van der Waals surface area contributed by atoms with Crippen molar-refractivity contribution in [2.45, 2.75) is 26.4 Å². The zero-order chi connectivity index (χ0) is 11.4. The number of hydrogen-bond acceptors (Lipinski definition) is 3. The van der Waals surface area contributed by atoms with Gasteiger partial charge in [0.15, 0.2) is 0 Å². The fourth-order valence-electron chi connectivity index (χ4n) is 1.19. The second-order valence-corrected chi connectivity index (χ2v) is 3.57. The van der Waals surface area contributed by atoms with E-state index in [1.165, 1.54) is 12.1 Å². The van der Waals surface area contributed by atoms with E-state index in [0.717, 1.165) is 6.07 Å². The van der Waals surface area contributed by atoms with Crippen molar-refractivity contribution >= 4 is 5.69 Å². The van der Waals surface area contributed by atoms with Crippen LogP contribution in [-0.2, 0) is 6.54 Å². The molecule has 0 aliphatic heterocycles. The molecule has 0 aliphatic rings. The average molecular weight is 212 g/mol. The van der Waals surface area contributed by atoms with Gasteiger partial charge in [0.1, 0.15) is 5.82 Å². The first-order valence-electron chi connectivity index (χ1n) is 4.67. The Hall–Kier alpha value is -1.49. The molecule has 0 spiro atoms. The summed E-state index contributed by atoms with van der Waals surface area (Å²) in [6.45, 7) is 4.14. The van der Waals surface area contributed by atoms with Crippen LogP contribution < -0.4 is 5.32 Å². The predicted octanol–water partition coefficient (Wildman–Crippen LogP) is 2.23. The molecule has 0 saturated carbocycles. The number of nitrogens with zero attached hydrogens (tertiary/aromatic N) is 1. The van der Waals surface area contributed by atoms with Crippen molar-refractivity contribution in [2.75, 3.05) is 0 Å². The van der Waals surface area contributed by atoms with Gasteiger partial charge in [0.25, 0.3) is 5.69 Å². The molecule has 5 heteroatoms. The molecule has 1 aromatic carbocycles. The second kappa shape index (κ2) is 4.84. The van der Waals surface area contributed by atoms with Crippen LogP contribution in [0.5, 0.6) is 0 Å². The van der Waals surface area contributed by atoms with Gasteiger partial charge >= 0.3 is 0 Å². The van der Waals surface area contributed by atoms with Gasteiger partial charge in [-0.3, -0.25) is 10.1 Å². The number of halogens is 1. The van der Waals surface area contributed by atoms with E-state index in [9.17, 15) is 14.5 Å². The molecular weight excluding hydrogens is 199 g/mol. The molecule has 82 valence electrons. The lowest BCUT2D eigenvalue weighted by molar-refractivity contribution is -0.385. The summed E-state index contributed by atoms with van der Waals surface area (Å²) in [5.41, 5.74) is 0.318. The zero-order valence-corrected chi connectivity index (χ0v) is 8.66. The molecule has 0 unspecified atom stereocenters. The maximum atomic E-state index is 12.9. The van der Waals surface area contributed by atoms with Crippen LogP contribution in [-0.4, -0.2) is 11.0 Å². The molecule has 15 heavy (non-hydrogen) atoms. The molecule has 0 radical (unpaired) electrons. The van der Waals surface area contributed by atoms with Crippen LogP contribution in [0.15, 0.2) is 18.2 Å². The Labute approximate surface area is 87.3 Å². The predicted molar refractivity (Wildman–Crippen MR) is 55.0 cm³/mol. The number of nitro benzene ring substituents is 1. The summed E-state index contributed by atoms with van der Waals surface area (Å²) in [6, 6.07) is 3.67. The third-order valence-corrected chi connectivity index (χ3v) is 1.94. The van der Waals surface area contributed by atoms with Crippen molar-refractivity contribution in [1.82, 2.24) is 5.32 Å². The SMILES string of the molecule is CC(C)NCc1cc(F)ccc1[N+](=O)[O-]. The van der Waals surface area contributed by atoms with E-state index in [2.05, 4.69) is 5.32 Å².